The SMILES string of the molecule is O=C(O)CN1C=CC(=O)C(Cc2nc3cc(F)cc(F)c3s2)N1. The lowest BCUT2D eigenvalue weighted by Crippen LogP contribution is -2.51. The third-order valence-corrected chi connectivity index (χ3v) is 4.32. The molecule has 1 aliphatic rings. The average molecular weight is 339 g/mol. The Morgan fingerprint density at radius 1 is 1.43 bits per heavy atom. The number of hydrazine groups is 1. The predicted molar refractivity (Wildman–Crippen MR) is 78.7 cm³/mol. The van der Waals surface area contributed by atoms with Crippen LogP contribution in [0.4, 0.5) is 8.78 Å². The Morgan fingerprint density at radius 3 is 2.96 bits per heavy atom. The molecule has 0 bridgehead atoms. The number of carbonyl (C=O) groups excluding carboxylic acids is 1. The summed E-state index contributed by atoms with van der Waals surface area (Å²) in [6, 6.07) is 1.21. The Kier molecular flexibility index (Phi) is 4.05. The second-order valence-electron chi connectivity index (χ2n) is 4.97. The molecule has 120 valence electrons. The molecule has 0 radical (unpaired) electrons. The van der Waals surface area contributed by atoms with E-state index in [1.165, 1.54) is 17.3 Å². The van der Waals surface area contributed by atoms with E-state index in [2.05, 4.69) is 10.4 Å². The van der Waals surface area contributed by atoms with Gasteiger partial charge in [0, 0.05) is 30.8 Å². The van der Waals surface area contributed by atoms with Gasteiger partial charge in [-0.15, -0.1) is 11.3 Å². The molecule has 0 aliphatic carbocycles. The normalized spacial score (nSPS) is 17.9. The van der Waals surface area contributed by atoms with E-state index in [1.54, 1.807) is 0 Å². The first-order valence-corrected chi connectivity index (χ1v) is 7.45. The summed E-state index contributed by atoms with van der Waals surface area (Å²) in [7, 11) is 0. The van der Waals surface area contributed by atoms with Crippen LogP contribution in [-0.4, -0.2) is 39.4 Å². The first-order valence-electron chi connectivity index (χ1n) is 6.63. The molecule has 2 heterocycles. The van der Waals surface area contributed by atoms with E-state index >= 15 is 0 Å². The van der Waals surface area contributed by atoms with Crippen LogP contribution >= 0.6 is 11.3 Å². The highest BCUT2D eigenvalue weighted by Gasteiger charge is 2.25. The van der Waals surface area contributed by atoms with Gasteiger partial charge in [-0.3, -0.25) is 9.59 Å². The van der Waals surface area contributed by atoms with Gasteiger partial charge in [0.1, 0.15) is 18.2 Å². The van der Waals surface area contributed by atoms with Crippen molar-refractivity contribution in [2.45, 2.75) is 12.5 Å². The van der Waals surface area contributed by atoms with Crippen molar-refractivity contribution in [2.75, 3.05) is 6.54 Å². The number of carboxylic acid groups (broad SMARTS) is 1. The Balaban J connectivity index is 1.81. The molecule has 1 aromatic carbocycles. The van der Waals surface area contributed by atoms with Crippen LogP contribution in [0.25, 0.3) is 10.2 Å². The van der Waals surface area contributed by atoms with Gasteiger partial charge in [-0.05, 0) is 0 Å². The van der Waals surface area contributed by atoms with E-state index in [9.17, 15) is 18.4 Å². The van der Waals surface area contributed by atoms with E-state index < -0.39 is 23.6 Å². The van der Waals surface area contributed by atoms with Gasteiger partial charge in [0.25, 0.3) is 0 Å². The van der Waals surface area contributed by atoms with Crippen molar-refractivity contribution >= 4 is 33.3 Å². The summed E-state index contributed by atoms with van der Waals surface area (Å²) in [5.74, 6) is -2.70. The maximum Gasteiger partial charge on any atom is 0.324 e. The Labute approximate surface area is 133 Å². The number of aromatic nitrogens is 1. The number of aliphatic carboxylic acids is 1. The summed E-state index contributed by atoms with van der Waals surface area (Å²) in [4.78, 5) is 26.7. The van der Waals surface area contributed by atoms with Crippen LogP contribution in [0.5, 0.6) is 0 Å². The quantitative estimate of drug-likeness (QED) is 0.878. The van der Waals surface area contributed by atoms with Crippen molar-refractivity contribution in [1.29, 1.82) is 0 Å². The van der Waals surface area contributed by atoms with Crippen molar-refractivity contribution in [2.24, 2.45) is 0 Å². The van der Waals surface area contributed by atoms with Gasteiger partial charge in [-0.2, -0.15) is 0 Å². The molecule has 1 atom stereocenters. The summed E-state index contributed by atoms with van der Waals surface area (Å²) in [5, 5.41) is 10.5. The highest BCUT2D eigenvalue weighted by atomic mass is 32.1. The van der Waals surface area contributed by atoms with Crippen LogP contribution in [0.2, 0.25) is 0 Å². The Bertz CT molecular complexity index is 821. The molecular formula is C14H11F2N3O3S. The van der Waals surface area contributed by atoms with Crippen molar-refractivity contribution in [3.63, 3.8) is 0 Å². The zero-order valence-corrected chi connectivity index (χ0v) is 12.4. The van der Waals surface area contributed by atoms with Crippen LogP contribution < -0.4 is 5.43 Å². The molecule has 1 aliphatic heterocycles. The van der Waals surface area contributed by atoms with E-state index in [4.69, 9.17) is 5.11 Å². The van der Waals surface area contributed by atoms with Crippen molar-refractivity contribution in [1.82, 2.24) is 15.4 Å². The molecular weight excluding hydrogens is 328 g/mol. The van der Waals surface area contributed by atoms with Gasteiger partial charge in [0.2, 0.25) is 0 Å². The highest BCUT2D eigenvalue weighted by Crippen LogP contribution is 2.27. The predicted octanol–water partition coefficient (Wildman–Crippen LogP) is 1.47. The number of nitrogens with one attached hydrogen (secondary N) is 1. The molecule has 1 unspecified atom stereocenters. The van der Waals surface area contributed by atoms with Crippen LogP contribution in [0.15, 0.2) is 24.4 Å². The number of hydrogen-bond donors (Lipinski definition) is 2. The highest BCUT2D eigenvalue weighted by molar-refractivity contribution is 7.18. The minimum Gasteiger partial charge on any atom is -0.480 e. The van der Waals surface area contributed by atoms with Crippen LogP contribution in [0.1, 0.15) is 5.01 Å². The monoisotopic (exact) mass is 339 g/mol. The molecule has 2 aromatic rings. The lowest BCUT2D eigenvalue weighted by molar-refractivity contribution is -0.139. The molecule has 23 heavy (non-hydrogen) atoms. The first-order chi connectivity index (χ1) is 10.9. The molecule has 1 aromatic heterocycles. The van der Waals surface area contributed by atoms with E-state index in [1.807, 2.05) is 0 Å². The smallest absolute Gasteiger partial charge is 0.324 e. The number of thiazole rings is 1. The fourth-order valence-electron chi connectivity index (χ4n) is 2.24. The number of carboxylic acids is 1. The number of carbonyl (C=O) groups is 2. The van der Waals surface area contributed by atoms with Crippen molar-refractivity contribution in [3.05, 3.63) is 41.1 Å². The summed E-state index contributed by atoms with van der Waals surface area (Å²) in [6.45, 7) is -0.306. The summed E-state index contributed by atoms with van der Waals surface area (Å²) >= 11 is 1.04. The van der Waals surface area contributed by atoms with Crippen LogP contribution in [-0.2, 0) is 16.0 Å². The lowest BCUT2D eigenvalue weighted by Gasteiger charge is -2.28. The first kappa shape index (κ1) is 15.5. The number of fused-ring (bicyclic) bond motifs is 1. The van der Waals surface area contributed by atoms with Crippen molar-refractivity contribution in [3.8, 4) is 0 Å². The number of hydrogen-bond acceptors (Lipinski definition) is 6. The molecule has 2 N–H and O–H groups in total. The van der Waals surface area contributed by atoms with Crippen molar-refractivity contribution < 1.29 is 23.5 Å². The number of rotatable bonds is 4. The standard InChI is InChI=1S/C14H11F2N3O3S/c15-7-3-8(16)14-10(4-7)17-12(23-14)5-9-11(20)1-2-19(18-9)6-13(21)22/h1-4,9,18H,5-6H2,(H,21,22). The number of halogens is 2. The van der Waals surface area contributed by atoms with Crippen LogP contribution in [0, 0.1) is 11.6 Å². The van der Waals surface area contributed by atoms with E-state index in [0.717, 1.165) is 23.5 Å². The molecule has 0 saturated heterocycles. The Morgan fingerprint density at radius 2 is 2.22 bits per heavy atom. The zero-order valence-electron chi connectivity index (χ0n) is 11.6. The minimum atomic E-state index is -1.05. The Hall–Kier alpha value is -2.39. The summed E-state index contributed by atoms with van der Waals surface area (Å²) < 4.78 is 27.1. The maximum atomic E-state index is 13.7. The number of ketones is 1. The van der Waals surface area contributed by atoms with E-state index in [-0.39, 0.29) is 29.0 Å². The second-order valence-corrected chi connectivity index (χ2v) is 6.05. The van der Waals surface area contributed by atoms with Gasteiger partial charge < -0.3 is 10.1 Å². The molecule has 0 fully saturated rings. The summed E-state index contributed by atoms with van der Waals surface area (Å²) in [5.41, 5.74) is 2.97. The molecule has 3 rings (SSSR count). The van der Waals surface area contributed by atoms with Gasteiger partial charge in [0.15, 0.2) is 5.78 Å². The lowest BCUT2D eigenvalue weighted by atomic mass is 10.1. The van der Waals surface area contributed by atoms with Gasteiger partial charge in [0.05, 0.1) is 21.3 Å². The zero-order chi connectivity index (χ0) is 16.6. The average Bonchev–Trinajstić information content (AvgIpc) is 2.84. The van der Waals surface area contributed by atoms with Crippen LogP contribution in [0.3, 0.4) is 0 Å². The number of nitrogens with zero attached hydrogens (tertiary/aromatic N) is 2. The fourth-order valence-corrected chi connectivity index (χ4v) is 3.24. The van der Waals surface area contributed by atoms with E-state index in [0.29, 0.717) is 5.01 Å². The summed E-state index contributed by atoms with van der Waals surface area (Å²) in [6.07, 6.45) is 2.78. The third kappa shape index (κ3) is 3.35. The van der Waals surface area contributed by atoms with Gasteiger partial charge >= 0.3 is 5.97 Å². The van der Waals surface area contributed by atoms with Gasteiger partial charge in [-0.25, -0.2) is 19.2 Å². The molecule has 0 saturated carbocycles. The molecule has 9 heteroatoms. The number of benzene rings is 1. The molecule has 6 nitrogen and oxygen atoms in total. The van der Waals surface area contributed by atoms with Gasteiger partial charge in [-0.1, -0.05) is 0 Å². The maximum absolute atomic E-state index is 13.7. The minimum absolute atomic E-state index is 0.152. The largest absolute Gasteiger partial charge is 0.480 e. The molecule has 0 spiro atoms. The third-order valence-electron chi connectivity index (χ3n) is 3.22. The molecule has 0 amide bonds. The second kappa shape index (κ2) is 6.01. The topological polar surface area (TPSA) is 82.5 Å². The fraction of sp³-hybridized carbons (Fsp3) is 0.214.